The van der Waals surface area contributed by atoms with Gasteiger partial charge in [-0.2, -0.15) is 0 Å². The summed E-state index contributed by atoms with van der Waals surface area (Å²) >= 11 is 0. The lowest BCUT2D eigenvalue weighted by Crippen LogP contribution is -2.46. The van der Waals surface area contributed by atoms with Gasteiger partial charge in [-0.15, -0.1) is 0 Å². The van der Waals surface area contributed by atoms with E-state index in [-0.39, 0.29) is 13.0 Å². The van der Waals surface area contributed by atoms with Gasteiger partial charge in [0.15, 0.2) is 6.10 Å². The third kappa shape index (κ3) is 3.92. The quantitative estimate of drug-likeness (QED) is 0.723. The normalized spacial score (nSPS) is 17.7. The number of aliphatic carboxylic acids is 1. The Hall–Kier alpha value is -3.35. The first-order chi connectivity index (χ1) is 12.9. The highest BCUT2D eigenvalue weighted by Crippen LogP contribution is 2.29. The average Bonchev–Trinajstić information content (AvgIpc) is 2.67. The molecule has 3 N–H and O–H groups in total. The van der Waals surface area contributed by atoms with Gasteiger partial charge in [0.2, 0.25) is 5.91 Å². The Morgan fingerprint density at radius 2 is 1.81 bits per heavy atom. The monoisotopic (exact) mass is 368 g/mol. The SMILES string of the molecule is CC(CNC(=O)CC1Oc2ccccc2NC1=O)(C(=O)O)c1ccccc1. The fraction of sp³-hybridized carbons (Fsp3) is 0.250. The van der Waals surface area contributed by atoms with Crippen molar-refractivity contribution in [2.24, 2.45) is 0 Å². The molecular formula is C20H20N2O5. The van der Waals surface area contributed by atoms with Crippen molar-refractivity contribution in [1.29, 1.82) is 0 Å². The molecule has 2 aromatic rings. The van der Waals surface area contributed by atoms with E-state index in [1.165, 1.54) is 0 Å². The number of hydrogen-bond acceptors (Lipinski definition) is 4. The first-order valence-corrected chi connectivity index (χ1v) is 8.52. The van der Waals surface area contributed by atoms with Crippen LogP contribution >= 0.6 is 0 Å². The van der Waals surface area contributed by atoms with Crippen LogP contribution in [0.15, 0.2) is 54.6 Å². The lowest BCUT2D eigenvalue weighted by Gasteiger charge is -2.27. The number of ether oxygens (including phenoxy) is 1. The first-order valence-electron chi connectivity index (χ1n) is 8.52. The number of amides is 2. The molecular weight excluding hydrogens is 348 g/mol. The molecule has 2 amide bonds. The predicted octanol–water partition coefficient (Wildman–Crippen LogP) is 1.93. The number of carboxylic acid groups (broad SMARTS) is 1. The zero-order chi connectivity index (χ0) is 19.4. The molecule has 7 nitrogen and oxygen atoms in total. The molecule has 1 aliphatic heterocycles. The van der Waals surface area contributed by atoms with Gasteiger partial charge in [-0.05, 0) is 24.6 Å². The largest absolute Gasteiger partial charge is 0.481 e. The van der Waals surface area contributed by atoms with E-state index >= 15 is 0 Å². The predicted molar refractivity (Wildman–Crippen MR) is 98.5 cm³/mol. The molecule has 0 saturated heterocycles. The summed E-state index contributed by atoms with van der Waals surface area (Å²) in [7, 11) is 0. The Kier molecular flexibility index (Phi) is 5.12. The van der Waals surface area contributed by atoms with Gasteiger partial charge in [0.25, 0.3) is 5.91 Å². The maximum absolute atomic E-state index is 12.3. The van der Waals surface area contributed by atoms with Gasteiger partial charge < -0.3 is 20.5 Å². The number of hydrogen-bond donors (Lipinski definition) is 3. The summed E-state index contributed by atoms with van der Waals surface area (Å²) in [5.74, 6) is -1.42. The summed E-state index contributed by atoms with van der Waals surface area (Å²) in [6, 6.07) is 15.6. The molecule has 2 atom stereocenters. The molecule has 0 spiro atoms. The van der Waals surface area contributed by atoms with Crippen LogP contribution in [0, 0.1) is 0 Å². The van der Waals surface area contributed by atoms with Gasteiger partial charge in [-0.3, -0.25) is 14.4 Å². The van der Waals surface area contributed by atoms with Gasteiger partial charge in [-0.25, -0.2) is 0 Å². The van der Waals surface area contributed by atoms with E-state index in [4.69, 9.17) is 4.74 Å². The molecule has 1 aliphatic rings. The number of carbonyl (C=O) groups is 3. The highest BCUT2D eigenvalue weighted by atomic mass is 16.5. The molecule has 0 radical (unpaired) electrons. The maximum atomic E-state index is 12.3. The van der Waals surface area contributed by atoms with E-state index in [9.17, 15) is 19.5 Å². The van der Waals surface area contributed by atoms with Gasteiger partial charge in [0, 0.05) is 6.54 Å². The van der Waals surface area contributed by atoms with Crippen LogP contribution in [0.1, 0.15) is 18.9 Å². The minimum absolute atomic E-state index is 0.101. The number of anilines is 1. The third-order valence-corrected chi connectivity index (χ3v) is 4.60. The Balaban J connectivity index is 1.64. The van der Waals surface area contributed by atoms with E-state index in [1.54, 1.807) is 61.5 Å². The number of rotatable bonds is 6. The van der Waals surface area contributed by atoms with E-state index in [1.807, 2.05) is 0 Å². The fourth-order valence-corrected chi connectivity index (χ4v) is 2.85. The van der Waals surface area contributed by atoms with Crippen molar-refractivity contribution < 1.29 is 24.2 Å². The van der Waals surface area contributed by atoms with Crippen molar-refractivity contribution in [1.82, 2.24) is 5.32 Å². The standard InChI is InChI=1S/C20H20N2O5/c1-20(19(25)26,13-7-3-2-4-8-13)12-21-17(23)11-16-18(24)22-14-9-5-6-10-15(14)27-16/h2-10,16H,11-12H2,1H3,(H,21,23)(H,22,24)(H,25,26). The lowest BCUT2D eigenvalue weighted by atomic mass is 9.82. The minimum Gasteiger partial charge on any atom is -0.481 e. The molecule has 2 unspecified atom stereocenters. The summed E-state index contributed by atoms with van der Waals surface area (Å²) in [4.78, 5) is 36.2. The second-order valence-electron chi connectivity index (χ2n) is 6.58. The summed E-state index contributed by atoms with van der Waals surface area (Å²) in [5, 5.41) is 14.9. The first kappa shape index (κ1) is 18.4. The van der Waals surface area contributed by atoms with E-state index in [2.05, 4.69) is 10.6 Å². The van der Waals surface area contributed by atoms with Gasteiger partial charge in [-0.1, -0.05) is 42.5 Å². The molecule has 1 heterocycles. The number of benzene rings is 2. The van der Waals surface area contributed by atoms with Crippen molar-refractivity contribution in [2.75, 3.05) is 11.9 Å². The summed E-state index contributed by atoms with van der Waals surface area (Å²) in [6.45, 7) is 1.45. The number of carbonyl (C=O) groups excluding carboxylic acids is 2. The maximum Gasteiger partial charge on any atom is 0.315 e. The van der Waals surface area contributed by atoms with E-state index in [0.717, 1.165) is 0 Å². The van der Waals surface area contributed by atoms with Crippen LogP contribution in [-0.4, -0.2) is 35.5 Å². The Morgan fingerprint density at radius 1 is 1.15 bits per heavy atom. The zero-order valence-corrected chi connectivity index (χ0v) is 14.8. The van der Waals surface area contributed by atoms with Crippen LogP contribution in [0.25, 0.3) is 0 Å². The van der Waals surface area contributed by atoms with Crippen molar-refractivity contribution in [3.63, 3.8) is 0 Å². The topological polar surface area (TPSA) is 105 Å². The average molecular weight is 368 g/mol. The van der Waals surface area contributed by atoms with Crippen LogP contribution in [0.5, 0.6) is 5.75 Å². The Labute approximate surface area is 156 Å². The fourth-order valence-electron chi connectivity index (χ4n) is 2.85. The van der Waals surface area contributed by atoms with Crippen LogP contribution in [0.2, 0.25) is 0 Å². The number of fused-ring (bicyclic) bond motifs is 1. The van der Waals surface area contributed by atoms with Crippen LogP contribution < -0.4 is 15.4 Å². The van der Waals surface area contributed by atoms with Crippen molar-refractivity contribution in [3.8, 4) is 5.75 Å². The van der Waals surface area contributed by atoms with Gasteiger partial charge >= 0.3 is 5.97 Å². The summed E-state index contributed by atoms with van der Waals surface area (Å²) < 4.78 is 5.59. The molecule has 7 heteroatoms. The van der Waals surface area contributed by atoms with E-state index in [0.29, 0.717) is 17.0 Å². The van der Waals surface area contributed by atoms with E-state index < -0.39 is 29.3 Å². The van der Waals surface area contributed by atoms with Gasteiger partial charge in [0.05, 0.1) is 12.1 Å². The van der Waals surface area contributed by atoms with Gasteiger partial charge in [0.1, 0.15) is 11.2 Å². The van der Waals surface area contributed by atoms with Crippen LogP contribution in [0.3, 0.4) is 0 Å². The molecule has 0 fully saturated rings. The summed E-state index contributed by atoms with van der Waals surface area (Å²) in [6.07, 6.45) is -1.17. The number of para-hydroxylation sites is 2. The number of carboxylic acids is 1. The second kappa shape index (κ2) is 7.49. The van der Waals surface area contributed by atoms with Crippen molar-refractivity contribution in [3.05, 3.63) is 60.2 Å². The third-order valence-electron chi connectivity index (χ3n) is 4.60. The van der Waals surface area contributed by atoms with Crippen molar-refractivity contribution in [2.45, 2.75) is 24.9 Å². The molecule has 0 aliphatic carbocycles. The second-order valence-corrected chi connectivity index (χ2v) is 6.58. The Morgan fingerprint density at radius 3 is 2.52 bits per heavy atom. The molecule has 0 bridgehead atoms. The molecule has 140 valence electrons. The smallest absolute Gasteiger partial charge is 0.315 e. The summed E-state index contributed by atoms with van der Waals surface area (Å²) in [5.41, 5.74) is -0.140. The zero-order valence-electron chi connectivity index (χ0n) is 14.8. The van der Waals surface area contributed by atoms with Crippen molar-refractivity contribution >= 4 is 23.5 Å². The molecule has 3 rings (SSSR count). The minimum atomic E-state index is -1.28. The van der Waals surface area contributed by atoms with Crippen LogP contribution in [-0.2, 0) is 19.8 Å². The molecule has 27 heavy (non-hydrogen) atoms. The highest BCUT2D eigenvalue weighted by Gasteiger charge is 2.36. The highest BCUT2D eigenvalue weighted by molar-refractivity contribution is 6.00. The molecule has 0 aromatic heterocycles. The molecule has 0 saturated carbocycles. The Bertz CT molecular complexity index is 868. The lowest BCUT2D eigenvalue weighted by molar-refractivity contribution is -0.143. The number of nitrogens with one attached hydrogen (secondary N) is 2. The molecule has 2 aromatic carbocycles. The van der Waals surface area contributed by atoms with Crippen LogP contribution in [0.4, 0.5) is 5.69 Å².